The summed E-state index contributed by atoms with van der Waals surface area (Å²) in [7, 11) is 0. The highest BCUT2D eigenvalue weighted by Gasteiger charge is 2.33. The van der Waals surface area contributed by atoms with Crippen LogP contribution in [0.15, 0.2) is 6.07 Å². The Hall–Kier alpha value is -1.98. The van der Waals surface area contributed by atoms with Crippen LogP contribution in [0.5, 0.6) is 0 Å². The molecular weight excluding hydrogens is 234 g/mol. The quantitative estimate of drug-likeness (QED) is 0.818. The fraction of sp³-hybridized carbons (Fsp3) is 0.500. The van der Waals surface area contributed by atoms with Crippen LogP contribution in [-0.2, 0) is 13.1 Å². The van der Waals surface area contributed by atoms with Crippen LogP contribution in [0.25, 0.3) is 0 Å². The lowest BCUT2D eigenvalue weighted by atomic mass is 10.2. The molecule has 18 heavy (non-hydrogen) atoms. The molecule has 0 spiro atoms. The number of hydrogen-bond donors (Lipinski definition) is 2. The zero-order valence-corrected chi connectivity index (χ0v) is 9.93. The summed E-state index contributed by atoms with van der Waals surface area (Å²) in [5.74, 6) is 0.0473. The van der Waals surface area contributed by atoms with Gasteiger partial charge >= 0.3 is 6.09 Å². The molecule has 2 heterocycles. The van der Waals surface area contributed by atoms with Crippen LogP contribution >= 0.6 is 0 Å². The second kappa shape index (κ2) is 3.76. The number of carboxylic acid groups (broad SMARTS) is 1. The lowest BCUT2D eigenvalue weighted by Gasteiger charge is -2.28. The van der Waals surface area contributed by atoms with E-state index >= 15 is 0 Å². The van der Waals surface area contributed by atoms with Gasteiger partial charge in [-0.25, -0.2) is 4.79 Å². The maximum absolute atomic E-state index is 11.4. The van der Waals surface area contributed by atoms with Gasteiger partial charge in [0, 0.05) is 18.8 Å². The lowest BCUT2D eigenvalue weighted by Crippen LogP contribution is -2.38. The molecule has 1 aliphatic carbocycles. The van der Waals surface area contributed by atoms with Crippen molar-refractivity contribution in [2.75, 3.05) is 6.54 Å². The van der Waals surface area contributed by atoms with E-state index in [1.807, 2.05) is 6.07 Å². The first-order valence-corrected chi connectivity index (χ1v) is 6.08. The van der Waals surface area contributed by atoms with Gasteiger partial charge in [-0.1, -0.05) is 0 Å². The minimum absolute atomic E-state index is 0.250. The molecule has 1 fully saturated rings. The van der Waals surface area contributed by atoms with Crippen LogP contribution < -0.4 is 5.73 Å². The molecule has 2 amide bonds. The highest BCUT2D eigenvalue weighted by molar-refractivity contribution is 5.94. The molecule has 1 aromatic rings. The summed E-state index contributed by atoms with van der Waals surface area (Å²) in [5.41, 5.74) is 7.74. The molecule has 3 rings (SSSR count). The first-order valence-electron chi connectivity index (χ1n) is 6.08. The lowest BCUT2D eigenvalue weighted by molar-refractivity contribution is 0.0993. The Morgan fingerprint density at radius 1 is 1.33 bits per heavy atom. The van der Waals surface area contributed by atoms with Gasteiger partial charge in [-0.3, -0.25) is 4.79 Å². The van der Waals surface area contributed by atoms with Crippen molar-refractivity contribution in [1.82, 2.24) is 9.47 Å². The molecule has 1 saturated carbocycles. The van der Waals surface area contributed by atoms with Crippen molar-refractivity contribution in [3.8, 4) is 0 Å². The number of carbonyl (C=O) groups excluding carboxylic acids is 1. The number of nitrogens with two attached hydrogens (primary N) is 1. The summed E-state index contributed by atoms with van der Waals surface area (Å²) < 4.78 is 2.08. The van der Waals surface area contributed by atoms with Crippen LogP contribution in [0, 0.1) is 0 Å². The summed E-state index contributed by atoms with van der Waals surface area (Å²) in [6.45, 7) is 1.33. The monoisotopic (exact) mass is 249 g/mol. The van der Waals surface area contributed by atoms with Gasteiger partial charge in [-0.05, 0) is 24.8 Å². The standard InChI is InChI=1S/C12H15N3O3/c13-11(16)8-5-9(7-1-2-7)15-4-3-14(12(17)18)6-10(8)15/h5,7H,1-4,6H2,(H2,13,16)(H,17,18). The van der Waals surface area contributed by atoms with Gasteiger partial charge in [-0.15, -0.1) is 0 Å². The van der Waals surface area contributed by atoms with Crippen molar-refractivity contribution in [3.05, 3.63) is 23.0 Å². The molecule has 6 heteroatoms. The molecule has 0 saturated heterocycles. The zero-order valence-electron chi connectivity index (χ0n) is 9.93. The summed E-state index contributed by atoms with van der Waals surface area (Å²) in [6, 6.07) is 1.85. The topological polar surface area (TPSA) is 88.6 Å². The summed E-state index contributed by atoms with van der Waals surface area (Å²) in [4.78, 5) is 23.8. The fourth-order valence-corrected chi connectivity index (χ4v) is 2.62. The highest BCUT2D eigenvalue weighted by Crippen LogP contribution is 2.42. The van der Waals surface area contributed by atoms with E-state index < -0.39 is 12.0 Å². The third-order valence-electron chi connectivity index (χ3n) is 3.71. The van der Waals surface area contributed by atoms with E-state index in [1.165, 1.54) is 4.90 Å². The summed E-state index contributed by atoms with van der Waals surface area (Å²) in [5, 5.41) is 9.02. The third kappa shape index (κ3) is 1.64. The molecule has 1 aliphatic heterocycles. The fourth-order valence-electron chi connectivity index (χ4n) is 2.62. The molecule has 6 nitrogen and oxygen atoms in total. The third-order valence-corrected chi connectivity index (χ3v) is 3.71. The van der Waals surface area contributed by atoms with Crippen LogP contribution in [0.4, 0.5) is 4.79 Å². The van der Waals surface area contributed by atoms with Gasteiger partial charge < -0.3 is 20.3 Å². The van der Waals surface area contributed by atoms with Crippen molar-refractivity contribution < 1.29 is 14.7 Å². The van der Waals surface area contributed by atoms with Gasteiger partial charge in [0.15, 0.2) is 0 Å². The Balaban J connectivity index is 2.03. The van der Waals surface area contributed by atoms with Crippen molar-refractivity contribution in [3.63, 3.8) is 0 Å². The summed E-state index contributed by atoms with van der Waals surface area (Å²) >= 11 is 0. The van der Waals surface area contributed by atoms with Gasteiger partial charge in [-0.2, -0.15) is 0 Å². The van der Waals surface area contributed by atoms with Crippen LogP contribution in [0.3, 0.4) is 0 Å². The Morgan fingerprint density at radius 3 is 2.61 bits per heavy atom. The number of rotatable bonds is 2. The molecule has 0 bridgehead atoms. The number of hydrogen-bond acceptors (Lipinski definition) is 2. The number of primary amides is 1. The molecule has 1 aromatic heterocycles. The van der Waals surface area contributed by atoms with Crippen molar-refractivity contribution in [1.29, 1.82) is 0 Å². The Kier molecular flexibility index (Phi) is 2.33. The minimum atomic E-state index is -0.953. The zero-order chi connectivity index (χ0) is 12.9. The van der Waals surface area contributed by atoms with Crippen LogP contribution in [0.1, 0.15) is 40.5 Å². The molecule has 2 aliphatic rings. The number of fused-ring (bicyclic) bond motifs is 1. The Labute approximate surface area is 104 Å². The van der Waals surface area contributed by atoms with E-state index in [2.05, 4.69) is 4.57 Å². The second-order valence-electron chi connectivity index (χ2n) is 4.92. The van der Waals surface area contributed by atoms with E-state index in [1.54, 1.807) is 0 Å². The van der Waals surface area contributed by atoms with Crippen LogP contribution in [0.2, 0.25) is 0 Å². The second-order valence-corrected chi connectivity index (χ2v) is 4.92. The van der Waals surface area contributed by atoms with E-state index in [0.29, 0.717) is 24.6 Å². The SMILES string of the molecule is NC(=O)c1cc(C2CC2)n2c1CN(C(=O)O)CC2. The molecule has 0 unspecified atom stereocenters. The molecule has 0 atom stereocenters. The minimum Gasteiger partial charge on any atom is -0.465 e. The average Bonchev–Trinajstić information content (AvgIpc) is 3.09. The number of aromatic nitrogens is 1. The Bertz CT molecular complexity index is 531. The van der Waals surface area contributed by atoms with E-state index in [4.69, 9.17) is 10.8 Å². The van der Waals surface area contributed by atoms with Gasteiger partial charge in [0.25, 0.3) is 5.91 Å². The van der Waals surface area contributed by atoms with E-state index in [-0.39, 0.29) is 6.54 Å². The smallest absolute Gasteiger partial charge is 0.407 e. The van der Waals surface area contributed by atoms with E-state index in [9.17, 15) is 9.59 Å². The normalized spacial score (nSPS) is 18.6. The molecule has 0 radical (unpaired) electrons. The summed E-state index contributed by atoms with van der Waals surface area (Å²) in [6.07, 6.45) is 1.33. The maximum atomic E-state index is 11.4. The molecule has 96 valence electrons. The van der Waals surface area contributed by atoms with Crippen molar-refractivity contribution in [2.45, 2.75) is 31.8 Å². The molecule has 0 aromatic carbocycles. The molecular formula is C12H15N3O3. The first-order chi connectivity index (χ1) is 8.58. The Morgan fingerprint density at radius 2 is 2.06 bits per heavy atom. The number of amides is 2. The van der Waals surface area contributed by atoms with Gasteiger partial charge in [0.2, 0.25) is 0 Å². The number of nitrogens with zero attached hydrogens (tertiary/aromatic N) is 2. The van der Waals surface area contributed by atoms with E-state index in [0.717, 1.165) is 24.2 Å². The number of carbonyl (C=O) groups is 2. The highest BCUT2D eigenvalue weighted by atomic mass is 16.4. The predicted molar refractivity (Wildman–Crippen MR) is 63.4 cm³/mol. The maximum Gasteiger partial charge on any atom is 0.407 e. The van der Waals surface area contributed by atoms with Crippen molar-refractivity contribution in [2.24, 2.45) is 5.73 Å². The molecule has 3 N–H and O–H groups in total. The van der Waals surface area contributed by atoms with Gasteiger partial charge in [0.05, 0.1) is 17.8 Å². The average molecular weight is 249 g/mol. The van der Waals surface area contributed by atoms with Gasteiger partial charge in [0.1, 0.15) is 0 Å². The first kappa shape index (κ1) is 11.1. The van der Waals surface area contributed by atoms with Crippen LogP contribution in [-0.4, -0.2) is 33.1 Å². The predicted octanol–water partition coefficient (Wildman–Crippen LogP) is 0.958. The largest absolute Gasteiger partial charge is 0.465 e. The van der Waals surface area contributed by atoms with Crippen molar-refractivity contribution >= 4 is 12.0 Å².